The predicted octanol–water partition coefficient (Wildman–Crippen LogP) is 22.0. The third kappa shape index (κ3) is 80.1. The van der Waals surface area contributed by atoms with Crippen molar-refractivity contribution < 1.29 is 19.8 Å². The molecule has 0 rings (SSSR count). The zero-order valence-corrected chi connectivity index (χ0v) is 58.5. The second-order valence-corrected chi connectivity index (χ2v) is 25.7. The molecule has 0 aromatic carbocycles. The Balaban J connectivity index is -0.00000148. The number of aliphatic carboxylic acids is 2. The number of hydrogen-bond acceptors (Lipinski definition) is 6. The van der Waals surface area contributed by atoms with Gasteiger partial charge in [0.2, 0.25) is 0 Å². The van der Waals surface area contributed by atoms with Crippen molar-refractivity contribution in [2.24, 2.45) is 0 Å². The van der Waals surface area contributed by atoms with Gasteiger partial charge in [0.25, 0.3) is 0 Å². The molecular formula is C74H148CaN2O4. The van der Waals surface area contributed by atoms with Crippen molar-refractivity contribution in [3.05, 3.63) is 0 Å². The van der Waals surface area contributed by atoms with Gasteiger partial charge in [-0.15, -0.1) is 0 Å². The smallest absolute Gasteiger partial charge is 0.550 e. The maximum atomic E-state index is 10.8. The number of rotatable bonds is 70. The van der Waals surface area contributed by atoms with E-state index in [4.69, 9.17) is 0 Å². The van der Waals surface area contributed by atoms with E-state index in [0.717, 1.165) is 38.8 Å². The van der Waals surface area contributed by atoms with Crippen LogP contribution in [0.15, 0.2) is 0 Å². The summed E-state index contributed by atoms with van der Waals surface area (Å²) in [6.45, 7) is 16.1. The van der Waals surface area contributed by atoms with Crippen molar-refractivity contribution in [1.29, 1.82) is 0 Å². The normalized spacial score (nSPS) is 11.4. The van der Waals surface area contributed by atoms with Crippen LogP contribution in [0.5, 0.6) is 0 Å². The number of unbranched alkanes of at least 4 members (excludes halogenated alkanes) is 54. The van der Waals surface area contributed by atoms with E-state index < -0.39 is 11.9 Å². The Morgan fingerprint density at radius 2 is 0.309 bits per heavy atom. The predicted molar refractivity (Wildman–Crippen MR) is 358 cm³/mol. The molecule has 7 heteroatoms. The fourth-order valence-corrected chi connectivity index (χ4v) is 12.0. The fraction of sp³-hybridized carbons (Fsp3) is 0.973. The van der Waals surface area contributed by atoms with Crippen LogP contribution >= 0.6 is 0 Å². The largest absolute Gasteiger partial charge is 2.00 e. The standard InChI is InChI=1S/2C37H75NO2.Ca/c2*1-3-5-7-9-11-13-15-17-19-21-23-25-27-30-34-38(36-32-29-33-37(39)40)35-31-28-26-24-22-20-18-16-14-12-10-8-6-4-2;/h2*3-36H2,1-2H3,(H,39,40);/q;;+2/p-2. The number of carboxylic acids is 2. The van der Waals surface area contributed by atoms with Gasteiger partial charge >= 0.3 is 37.7 Å². The molecular weight excluding hydrogens is 1020 g/mol. The first kappa shape index (κ1) is 85.3. The van der Waals surface area contributed by atoms with Gasteiger partial charge < -0.3 is 29.6 Å². The van der Waals surface area contributed by atoms with Gasteiger partial charge in [-0.25, -0.2) is 0 Å². The summed E-state index contributed by atoms with van der Waals surface area (Å²) in [5, 5.41) is 21.5. The molecule has 0 N–H and O–H groups in total. The molecule has 0 aromatic heterocycles. The molecule has 0 aromatic rings. The summed E-state index contributed by atoms with van der Waals surface area (Å²) < 4.78 is 0. The first-order valence-corrected chi connectivity index (χ1v) is 37.2. The number of hydrogen-bond donors (Lipinski definition) is 0. The van der Waals surface area contributed by atoms with E-state index in [1.165, 1.54) is 386 Å². The van der Waals surface area contributed by atoms with Gasteiger partial charge in [0.1, 0.15) is 0 Å². The van der Waals surface area contributed by atoms with E-state index in [1.807, 2.05) is 0 Å². The van der Waals surface area contributed by atoms with Gasteiger partial charge in [-0.05, 0) is 103 Å². The molecule has 0 fully saturated rings. The summed E-state index contributed by atoms with van der Waals surface area (Å²) in [6.07, 6.45) is 82.8. The first-order chi connectivity index (χ1) is 39.4. The Morgan fingerprint density at radius 3 is 0.432 bits per heavy atom. The third-order valence-electron chi connectivity index (χ3n) is 17.5. The summed E-state index contributed by atoms with van der Waals surface area (Å²) in [6, 6.07) is 0. The van der Waals surface area contributed by atoms with E-state index in [0.29, 0.717) is 0 Å². The van der Waals surface area contributed by atoms with Crippen molar-refractivity contribution in [1.82, 2.24) is 9.80 Å². The van der Waals surface area contributed by atoms with Crippen LogP contribution < -0.4 is 10.2 Å². The second kappa shape index (κ2) is 78.1. The molecule has 0 heterocycles. The number of carboxylic acid groups (broad SMARTS) is 2. The summed E-state index contributed by atoms with van der Waals surface area (Å²) in [7, 11) is 0. The molecule has 0 amide bonds. The van der Waals surface area contributed by atoms with Crippen molar-refractivity contribution >= 4 is 49.7 Å². The molecule has 0 saturated carbocycles. The van der Waals surface area contributed by atoms with E-state index >= 15 is 0 Å². The average molecular weight is 1170 g/mol. The Hall–Kier alpha value is 0.120. The van der Waals surface area contributed by atoms with Crippen LogP contribution in [0.25, 0.3) is 0 Å². The van der Waals surface area contributed by atoms with Crippen LogP contribution in [0.1, 0.15) is 426 Å². The molecule has 6 nitrogen and oxygen atoms in total. The molecule has 0 aliphatic rings. The van der Waals surface area contributed by atoms with Gasteiger partial charge in [0, 0.05) is 11.9 Å². The number of carbonyl (C=O) groups is 2. The summed E-state index contributed by atoms with van der Waals surface area (Å²) >= 11 is 0. The Kier molecular flexibility index (Phi) is 82.3. The zero-order chi connectivity index (χ0) is 58.4. The van der Waals surface area contributed by atoms with Crippen molar-refractivity contribution in [3.8, 4) is 0 Å². The fourth-order valence-electron chi connectivity index (χ4n) is 12.0. The van der Waals surface area contributed by atoms with Crippen LogP contribution in [-0.4, -0.2) is 98.7 Å². The molecule has 0 aliphatic carbocycles. The van der Waals surface area contributed by atoms with Crippen molar-refractivity contribution in [2.75, 3.05) is 39.3 Å². The first-order valence-electron chi connectivity index (χ1n) is 37.2. The minimum absolute atomic E-state index is 0. The minimum Gasteiger partial charge on any atom is -0.550 e. The Morgan fingerprint density at radius 1 is 0.198 bits per heavy atom. The van der Waals surface area contributed by atoms with Gasteiger partial charge in [0.15, 0.2) is 0 Å². The monoisotopic (exact) mass is 1170 g/mol. The van der Waals surface area contributed by atoms with Gasteiger partial charge in [-0.1, -0.05) is 362 Å². The second-order valence-electron chi connectivity index (χ2n) is 25.7. The topological polar surface area (TPSA) is 86.7 Å². The Labute approximate surface area is 540 Å². The average Bonchev–Trinajstić information content (AvgIpc) is 3.45. The molecule has 0 radical (unpaired) electrons. The summed E-state index contributed by atoms with van der Waals surface area (Å²) in [5.74, 6) is -1.80. The molecule has 81 heavy (non-hydrogen) atoms. The molecule has 0 spiro atoms. The van der Waals surface area contributed by atoms with Crippen LogP contribution in [0.3, 0.4) is 0 Å². The zero-order valence-electron chi connectivity index (χ0n) is 56.3. The van der Waals surface area contributed by atoms with Crippen molar-refractivity contribution in [2.45, 2.75) is 426 Å². The van der Waals surface area contributed by atoms with Crippen LogP contribution in [0, 0.1) is 0 Å². The quantitative estimate of drug-likeness (QED) is 0.0445. The molecule has 0 bridgehead atoms. The minimum atomic E-state index is -0.898. The van der Waals surface area contributed by atoms with Gasteiger partial charge in [0.05, 0.1) is 0 Å². The molecule has 0 saturated heterocycles. The van der Waals surface area contributed by atoms with Crippen LogP contribution in [0.4, 0.5) is 0 Å². The number of nitrogens with zero attached hydrogens (tertiary/aromatic N) is 2. The van der Waals surface area contributed by atoms with Crippen LogP contribution in [0.2, 0.25) is 0 Å². The van der Waals surface area contributed by atoms with E-state index in [9.17, 15) is 19.8 Å². The van der Waals surface area contributed by atoms with Crippen molar-refractivity contribution in [3.63, 3.8) is 0 Å². The van der Waals surface area contributed by atoms with E-state index in [2.05, 4.69) is 37.5 Å². The molecule has 0 aliphatic heterocycles. The van der Waals surface area contributed by atoms with Gasteiger partial charge in [-0.3, -0.25) is 0 Å². The summed E-state index contributed by atoms with van der Waals surface area (Å²) in [5.41, 5.74) is 0. The SMILES string of the molecule is CCCCCCCCCCCCCCCCN(CCCCCCCCCCCCCCCC)CCCCC(=O)[O-].CCCCCCCCCCCCCCCCN(CCCCCCCCCCCCCCCC)CCCCC(=O)[O-].[Ca+2]. The van der Waals surface area contributed by atoms with E-state index in [-0.39, 0.29) is 50.6 Å². The maximum absolute atomic E-state index is 10.8. The van der Waals surface area contributed by atoms with Gasteiger partial charge in [-0.2, -0.15) is 0 Å². The molecule has 0 unspecified atom stereocenters. The summed E-state index contributed by atoms with van der Waals surface area (Å²) in [4.78, 5) is 26.8. The maximum Gasteiger partial charge on any atom is 2.00 e. The molecule has 0 atom stereocenters. The molecule has 480 valence electrons. The van der Waals surface area contributed by atoms with E-state index in [1.54, 1.807) is 0 Å². The number of carbonyl (C=O) groups excluding carboxylic acids is 2. The Bertz CT molecular complexity index is 991. The van der Waals surface area contributed by atoms with Crippen LogP contribution in [-0.2, 0) is 9.59 Å². The third-order valence-corrected chi connectivity index (χ3v) is 17.5.